The molecule has 0 atom stereocenters. The molecule has 3 rings (SSSR count). The van der Waals surface area contributed by atoms with E-state index in [9.17, 15) is 9.18 Å². The van der Waals surface area contributed by atoms with Crippen molar-refractivity contribution in [1.29, 1.82) is 0 Å². The SMILES string of the molecule is CCCN1CCn2cc(C(=O)NCc3ccccc3F)nc2C1. The van der Waals surface area contributed by atoms with Crippen molar-refractivity contribution in [3.8, 4) is 0 Å². The van der Waals surface area contributed by atoms with Crippen LogP contribution in [0.5, 0.6) is 0 Å². The minimum absolute atomic E-state index is 0.162. The van der Waals surface area contributed by atoms with E-state index in [0.717, 1.165) is 38.4 Å². The molecule has 0 fully saturated rings. The van der Waals surface area contributed by atoms with E-state index in [1.165, 1.54) is 6.07 Å². The standard InChI is InChI=1S/C17H21FN4O/c1-2-7-21-8-9-22-11-15(20-16(22)12-21)17(23)19-10-13-5-3-4-6-14(13)18/h3-6,11H,2,7-10,12H2,1H3,(H,19,23). The molecule has 0 saturated heterocycles. The number of aromatic nitrogens is 2. The first-order chi connectivity index (χ1) is 11.2. The molecule has 23 heavy (non-hydrogen) atoms. The summed E-state index contributed by atoms with van der Waals surface area (Å²) in [5, 5.41) is 2.73. The van der Waals surface area contributed by atoms with Gasteiger partial charge in [0.25, 0.3) is 5.91 Å². The number of fused-ring (bicyclic) bond motifs is 1. The maximum Gasteiger partial charge on any atom is 0.271 e. The molecule has 1 amide bonds. The molecule has 2 heterocycles. The molecule has 1 aliphatic heterocycles. The van der Waals surface area contributed by atoms with Crippen LogP contribution in [0.15, 0.2) is 30.5 Å². The fourth-order valence-electron chi connectivity index (χ4n) is 2.83. The molecule has 0 radical (unpaired) electrons. The van der Waals surface area contributed by atoms with Crippen molar-refractivity contribution in [3.05, 3.63) is 53.4 Å². The highest BCUT2D eigenvalue weighted by Gasteiger charge is 2.20. The molecular formula is C17H21FN4O. The third kappa shape index (κ3) is 3.59. The second kappa shape index (κ2) is 6.91. The molecule has 1 aromatic heterocycles. The number of nitrogens with one attached hydrogen (secondary N) is 1. The zero-order chi connectivity index (χ0) is 16.2. The summed E-state index contributed by atoms with van der Waals surface area (Å²) in [6.07, 6.45) is 2.89. The summed E-state index contributed by atoms with van der Waals surface area (Å²) >= 11 is 0. The first-order valence-corrected chi connectivity index (χ1v) is 7.97. The van der Waals surface area contributed by atoms with Gasteiger partial charge >= 0.3 is 0 Å². The zero-order valence-corrected chi connectivity index (χ0v) is 13.3. The van der Waals surface area contributed by atoms with E-state index in [-0.39, 0.29) is 18.3 Å². The number of halogens is 1. The number of carbonyl (C=O) groups excluding carboxylic acids is 1. The monoisotopic (exact) mass is 316 g/mol. The fourth-order valence-corrected chi connectivity index (χ4v) is 2.83. The molecule has 6 heteroatoms. The van der Waals surface area contributed by atoms with Gasteiger partial charge in [-0.05, 0) is 19.0 Å². The van der Waals surface area contributed by atoms with Crippen LogP contribution >= 0.6 is 0 Å². The lowest BCUT2D eigenvalue weighted by molar-refractivity contribution is 0.0946. The summed E-state index contributed by atoms with van der Waals surface area (Å²) in [5.74, 6) is 0.338. The highest BCUT2D eigenvalue weighted by atomic mass is 19.1. The average molecular weight is 316 g/mol. The van der Waals surface area contributed by atoms with Crippen molar-refractivity contribution in [2.24, 2.45) is 0 Å². The molecule has 0 aliphatic carbocycles. The van der Waals surface area contributed by atoms with Crippen LogP contribution in [-0.2, 0) is 19.6 Å². The van der Waals surface area contributed by atoms with Crippen LogP contribution in [0.2, 0.25) is 0 Å². The Morgan fingerprint density at radius 2 is 2.17 bits per heavy atom. The van der Waals surface area contributed by atoms with Gasteiger partial charge in [-0.3, -0.25) is 9.69 Å². The van der Waals surface area contributed by atoms with E-state index >= 15 is 0 Å². The van der Waals surface area contributed by atoms with E-state index < -0.39 is 0 Å². The quantitative estimate of drug-likeness (QED) is 0.920. The highest BCUT2D eigenvalue weighted by molar-refractivity contribution is 5.92. The van der Waals surface area contributed by atoms with Gasteiger partial charge in [0.05, 0.1) is 6.54 Å². The lowest BCUT2D eigenvalue weighted by Crippen LogP contribution is -2.34. The predicted molar refractivity (Wildman–Crippen MR) is 85.4 cm³/mol. The third-order valence-electron chi connectivity index (χ3n) is 4.05. The van der Waals surface area contributed by atoms with Crippen LogP contribution in [0.3, 0.4) is 0 Å². The van der Waals surface area contributed by atoms with Crippen molar-refractivity contribution >= 4 is 5.91 Å². The summed E-state index contributed by atoms with van der Waals surface area (Å²) in [6.45, 7) is 5.96. The lowest BCUT2D eigenvalue weighted by Gasteiger charge is -2.26. The van der Waals surface area contributed by atoms with Gasteiger partial charge in [0.15, 0.2) is 0 Å². The van der Waals surface area contributed by atoms with Crippen LogP contribution < -0.4 is 5.32 Å². The number of nitrogens with zero attached hydrogens (tertiary/aromatic N) is 3. The van der Waals surface area contributed by atoms with Crippen LogP contribution in [0, 0.1) is 5.82 Å². The summed E-state index contributed by atoms with van der Waals surface area (Å²) in [4.78, 5) is 19.0. The van der Waals surface area contributed by atoms with Gasteiger partial charge in [0.2, 0.25) is 0 Å². The number of carbonyl (C=O) groups is 1. The largest absolute Gasteiger partial charge is 0.346 e. The van der Waals surface area contributed by atoms with Gasteiger partial charge in [0, 0.05) is 31.4 Å². The van der Waals surface area contributed by atoms with Crippen LogP contribution in [0.25, 0.3) is 0 Å². The molecule has 1 N–H and O–H groups in total. The number of hydrogen-bond donors (Lipinski definition) is 1. The molecule has 0 saturated carbocycles. The van der Waals surface area contributed by atoms with Gasteiger partial charge < -0.3 is 9.88 Å². The molecule has 1 aliphatic rings. The zero-order valence-electron chi connectivity index (χ0n) is 13.3. The second-order valence-corrected chi connectivity index (χ2v) is 5.79. The second-order valence-electron chi connectivity index (χ2n) is 5.79. The number of imidazole rings is 1. The average Bonchev–Trinajstić information content (AvgIpc) is 2.97. The van der Waals surface area contributed by atoms with Crippen LogP contribution in [0.1, 0.15) is 35.2 Å². The molecule has 122 valence electrons. The van der Waals surface area contributed by atoms with Crippen molar-refractivity contribution in [1.82, 2.24) is 19.8 Å². The Labute approximate surface area is 135 Å². The van der Waals surface area contributed by atoms with E-state index in [2.05, 4.69) is 22.1 Å². The highest BCUT2D eigenvalue weighted by Crippen LogP contribution is 2.13. The van der Waals surface area contributed by atoms with Crippen molar-refractivity contribution < 1.29 is 9.18 Å². The maximum absolute atomic E-state index is 13.6. The lowest BCUT2D eigenvalue weighted by atomic mass is 10.2. The number of amides is 1. The van der Waals surface area contributed by atoms with Gasteiger partial charge in [-0.1, -0.05) is 25.1 Å². The summed E-state index contributed by atoms with van der Waals surface area (Å²) in [5.41, 5.74) is 0.869. The van der Waals surface area contributed by atoms with E-state index in [0.29, 0.717) is 11.3 Å². The Morgan fingerprint density at radius 3 is 2.96 bits per heavy atom. The molecule has 0 unspecified atom stereocenters. The van der Waals surface area contributed by atoms with Crippen LogP contribution in [0.4, 0.5) is 4.39 Å². The molecular weight excluding hydrogens is 295 g/mol. The minimum atomic E-state index is -0.313. The summed E-state index contributed by atoms with van der Waals surface area (Å²) in [7, 11) is 0. The number of benzene rings is 1. The Balaban J connectivity index is 1.64. The van der Waals surface area contributed by atoms with E-state index in [1.54, 1.807) is 24.4 Å². The Bertz CT molecular complexity index is 698. The van der Waals surface area contributed by atoms with Gasteiger partial charge in [0.1, 0.15) is 17.3 Å². The number of hydrogen-bond acceptors (Lipinski definition) is 3. The summed E-state index contributed by atoms with van der Waals surface area (Å²) < 4.78 is 15.6. The number of rotatable bonds is 5. The van der Waals surface area contributed by atoms with E-state index in [1.807, 2.05) is 4.57 Å². The molecule has 0 bridgehead atoms. The Morgan fingerprint density at radius 1 is 1.35 bits per heavy atom. The van der Waals surface area contributed by atoms with E-state index in [4.69, 9.17) is 0 Å². The van der Waals surface area contributed by atoms with Gasteiger partial charge in [-0.15, -0.1) is 0 Å². The van der Waals surface area contributed by atoms with Crippen molar-refractivity contribution in [2.45, 2.75) is 33.0 Å². The van der Waals surface area contributed by atoms with Crippen molar-refractivity contribution in [2.75, 3.05) is 13.1 Å². The first-order valence-electron chi connectivity index (χ1n) is 7.97. The molecule has 0 spiro atoms. The predicted octanol–water partition coefficient (Wildman–Crippen LogP) is 2.18. The first kappa shape index (κ1) is 15.7. The smallest absolute Gasteiger partial charge is 0.271 e. The topological polar surface area (TPSA) is 50.2 Å². The van der Waals surface area contributed by atoms with Gasteiger partial charge in [-0.25, -0.2) is 9.37 Å². The normalized spacial score (nSPS) is 14.5. The fraction of sp³-hybridized carbons (Fsp3) is 0.412. The Hall–Kier alpha value is -2.21. The minimum Gasteiger partial charge on any atom is -0.346 e. The van der Waals surface area contributed by atoms with Gasteiger partial charge in [-0.2, -0.15) is 0 Å². The Kier molecular flexibility index (Phi) is 4.71. The maximum atomic E-state index is 13.6. The molecule has 5 nitrogen and oxygen atoms in total. The molecule has 1 aromatic carbocycles. The summed E-state index contributed by atoms with van der Waals surface area (Å²) in [6, 6.07) is 6.43. The van der Waals surface area contributed by atoms with Crippen LogP contribution in [-0.4, -0.2) is 33.4 Å². The molecule has 2 aromatic rings. The third-order valence-corrected chi connectivity index (χ3v) is 4.05. The van der Waals surface area contributed by atoms with Crippen molar-refractivity contribution in [3.63, 3.8) is 0 Å².